The first-order chi connectivity index (χ1) is 32.0. The number of Topliss-reactive ketones (excluding diaryl/α,β-unsaturated/α-hetero) is 1. The van der Waals surface area contributed by atoms with Crippen LogP contribution >= 0.6 is 0 Å². The molecule has 2 aliphatic heterocycles. The van der Waals surface area contributed by atoms with Gasteiger partial charge in [-0.25, -0.2) is 0 Å². The number of ketones is 1. The Balaban J connectivity index is 1.14. The summed E-state index contributed by atoms with van der Waals surface area (Å²) in [6.07, 6.45) is 17.3. The van der Waals surface area contributed by atoms with Crippen LogP contribution in [0.4, 0.5) is 0 Å². The smallest absolute Gasteiger partial charge is 0.186 e. The number of fused-ring (bicyclic) bond motifs is 6. The van der Waals surface area contributed by atoms with Crippen LogP contribution in [0.1, 0.15) is 149 Å². The summed E-state index contributed by atoms with van der Waals surface area (Å²) in [6, 6.07) is 0. The Labute approximate surface area is 398 Å². The largest absolute Gasteiger partial charge is 0.396 e. The molecule has 12 nitrogen and oxygen atoms in total. The number of aliphatic hydroxyl groups excluding tert-OH is 4. The molecule has 11 rings (SSSR count). The molecule has 5 saturated carbocycles. The van der Waals surface area contributed by atoms with Gasteiger partial charge in [-0.3, -0.25) is 4.79 Å². The normalized spacial score (nSPS) is 47.8. The first-order valence-corrected chi connectivity index (χ1v) is 26.6. The van der Waals surface area contributed by atoms with Crippen LogP contribution in [0.25, 0.3) is 0 Å². The van der Waals surface area contributed by atoms with Crippen molar-refractivity contribution >= 4 is 5.78 Å². The summed E-state index contributed by atoms with van der Waals surface area (Å²) in [4.78, 5) is 16.2. The van der Waals surface area contributed by atoms with Crippen molar-refractivity contribution in [1.82, 2.24) is 10.6 Å². The van der Waals surface area contributed by atoms with Crippen LogP contribution in [0.15, 0.2) is 46.8 Å². The van der Waals surface area contributed by atoms with Gasteiger partial charge in [0, 0.05) is 48.9 Å². The molecular weight excluding hydrogens is 847 g/mol. The zero-order valence-corrected chi connectivity index (χ0v) is 40.4. The van der Waals surface area contributed by atoms with E-state index in [-0.39, 0.29) is 80.6 Å². The van der Waals surface area contributed by atoms with Gasteiger partial charge in [0.15, 0.2) is 5.78 Å². The van der Waals surface area contributed by atoms with Crippen LogP contribution in [0.2, 0.25) is 0 Å². The van der Waals surface area contributed by atoms with Crippen molar-refractivity contribution in [1.29, 1.82) is 0 Å². The molecule has 0 aromatic carbocycles. The summed E-state index contributed by atoms with van der Waals surface area (Å²) in [7, 11) is 0. The van der Waals surface area contributed by atoms with E-state index < -0.39 is 75.5 Å². The van der Waals surface area contributed by atoms with Gasteiger partial charge < -0.3 is 56.8 Å². The van der Waals surface area contributed by atoms with Gasteiger partial charge in [-0.05, 0) is 150 Å². The second kappa shape index (κ2) is 17.6. The van der Waals surface area contributed by atoms with Crippen molar-refractivity contribution in [2.24, 2.45) is 63.4 Å². The Morgan fingerprint density at radius 3 is 2.51 bits per heavy atom. The van der Waals surface area contributed by atoms with Gasteiger partial charge in [-0.15, -0.1) is 11.8 Å². The molecule has 0 amide bonds. The Hall–Kier alpha value is -2.57. The standard InChI is InChI=1S/C55H81N3O9/c1-4-10-33-13-17-37-38-11-5-6-24-55(66,49(38)67-42(37)19-14-33)50(3,64)43-21-25-54(65)46-45-35-16-15-34(36-18-20-44(56)58-39(36)12-9-26-59)27-53(45)30-41(62)40(61)29-52(53,23-8-7-22-51(43,54)28-35)48(63)47(46)57-31-32(2)60/h15-16,18,20,32-35,37-38,40-45,49,57-62,64-66H,4-6,9-14,17,19,21-31,56H2,1-3H3/t32-,33-,34-,35-,37-,38-,40+,41-,42+,43+,44?,45-,49+,50+,51+,52-,53+,54+,55+/m0/s1. The minimum Gasteiger partial charge on any atom is -0.396 e. The SMILES string of the molecule is CCC[C@H]1CC[C@H]2[C@@H]3CCCC[C@](O)([C@](C)(O)[C@H]4CC[C@@]5(O)C6=C(NC[C@H](C)O)C(=O)[C@@]78CC#CC[C@@]45C[C@@H]4C=C[C@H](C5=C(CCCO)NC(N)C=C5)C[C@@]7(C[C@H](O)[C@H](O)C8)[C@H]64)[C@@H]3O[C@@H]2CC1. The van der Waals surface area contributed by atoms with Crippen molar-refractivity contribution in [3.63, 3.8) is 0 Å². The molecular formula is C55H81N3O9. The molecule has 1 unspecified atom stereocenters. The fourth-order valence-corrected chi connectivity index (χ4v) is 17.6. The highest BCUT2D eigenvalue weighted by molar-refractivity contribution is 6.03. The third-order valence-electron chi connectivity index (χ3n) is 20.5. The highest BCUT2D eigenvalue weighted by Gasteiger charge is 2.79. The summed E-state index contributed by atoms with van der Waals surface area (Å²) in [6.45, 7) is 5.82. The number of rotatable bonds is 11. The number of carbonyl (C=O) groups excluding carboxylic acids is 1. The molecule has 67 heavy (non-hydrogen) atoms. The van der Waals surface area contributed by atoms with Crippen molar-refractivity contribution in [2.45, 2.75) is 203 Å². The van der Waals surface area contributed by atoms with Crippen molar-refractivity contribution in [3.8, 4) is 11.8 Å². The van der Waals surface area contributed by atoms with Crippen LogP contribution in [0, 0.1) is 69.5 Å². The number of nitrogens with one attached hydrogen (secondary N) is 2. The molecule has 6 fully saturated rings. The molecule has 19 atom stereocenters. The summed E-state index contributed by atoms with van der Waals surface area (Å²) < 4.78 is 7.16. The van der Waals surface area contributed by atoms with Crippen molar-refractivity contribution < 1.29 is 45.3 Å². The summed E-state index contributed by atoms with van der Waals surface area (Å²) in [5, 5.41) is 93.1. The lowest BCUT2D eigenvalue weighted by Crippen LogP contribution is -2.72. The van der Waals surface area contributed by atoms with Crippen LogP contribution in [-0.2, 0) is 9.53 Å². The molecule has 2 heterocycles. The third-order valence-corrected chi connectivity index (χ3v) is 20.5. The van der Waals surface area contributed by atoms with E-state index in [0.717, 1.165) is 49.8 Å². The van der Waals surface area contributed by atoms with Gasteiger partial charge in [0.2, 0.25) is 0 Å². The average Bonchev–Trinajstić information content (AvgIpc) is 3.56. The highest BCUT2D eigenvalue weighted by Crippen LogP contribution is 2.77. The van der Waals surface area contributed by atoms with E-state index in [2.05, 4.69) is 47.6 Å². The lowest BCUT2D eigenvalue weighted by atomic mass is 9.36. The van der Waals surface area contributed by atoms with E-state index in [0.29, 0.717) is 55.9 Å². The minimum absolute atomic E-state index is 0.00210. The second-order valence-corrected chi connectivity index (χ2v) is 23.8. The Morgan fingerprint density at radius 2 is 1.73 bits per heavy atom. The zero-order valence-electron chi connectivity index (χ0n) is 40.4. The van der Waals surface area contributed by atoms with Crippen LogP contribution in [0.3, 0.4) is 0 Å². The molecule has 3 spiro atoms. The summed E-state index contributed by atoms with van der Waals surface area (Å²) in [5.41, 5.74) is 0.854. The van der Waals surface area contributed by atoms with Crippen LogP contribution < -0.4 is 16.4 Å². The minimum atomic E-state index is -1.72. The van der Waals surface area contributed by atoms with E-state index in [1.54, 1.807) is 6.92 Å². The maximum absolute atomic E-state index is 16.2. The van der Waals surface area contributed by atoms with Crippen LogP contribution in [-0.4, -0.2) is 108 Å². The highest BCUT2D eigenvalue weighted by atomic mass is 16.5. The molecule has 11 N–H and O–H groups in total. The Bertz CT molecular complexity index is 2120. The number of aliphatic hydroxyl groups is 7. The fourth-order valence-electron chi connectivity index (χ4n) is 17.6. The molecule has 6 bridgehead atoms. The number of dihydropyridines is 1. The van der Waals surface area contributed by atoms with Crippen LogP contribution in [0.5, 0.6) is 0 Å². The molecule has 9 aliphatic carbocycles. The fraction of sp³-hybridized carbons (Fsp3) is 0.800. The number of carbonyl (C=O) groups is 1. The molecule has 0 aromatic heterocycles. The molecule has 0 aromatic rings. The predicted molar refractivity (Wildman–Crippen MR) is 254 cm³/mol. The van der Waals surface area contributed by atoms with Gasteiger partial charge >= 0.3 is 0 Å². The quantitative estimate of drug-likeness (QED) is 0.0986. The first-order valence-electron chi connectivity index (χ1n) is 26.6. The Kier molecular flexibility index (Phi) is 12.6. The topological polar surface area (TPSA) is 218 Å². The zero-order chi connectivity index (χ0) is 47.3. The second-order valence-electron chi connectivity index (χ2n) is 23.8. The number of hydrogen-bond acceptors (Lipinski definition) is 12. The van der Waals surface area contributed by atoms with E-state index in [1.807, 2.05) is 13.0 Å². The maximum Gasteiger partial charge on any atom is 0.186 e. The monoisotopic (exact) mass is 928 g/mol. The first kappa shape index (κ1) is 48.1. The van der Waals surface area contributed by atoms with E-state index in [4.69, 9.17) is 10.5 Å². The number of nitrogens with two attached hydrogens (primary N) is 1. The predicted octanol–water partition coefficient (Wildman–Crippen LogP) is 4.94. The molecule has 11 aliphatic rings. The average molecular weight is 928 g/mol. The van der Waals surface area contributed by atoms with E-state index >= 15 is 4.79 Å². The van der Waals surface area contributed by atoms with E-state index in [9.17, 15) is 35.7 Å². The lowest BCUT2D eigenvalue weighted by Gasteiger charge is -2.68. The van der Waals surface area contributed by atoms with Gasteiger partial charge in [0.05, 0.1) is 59.0 Å². The molecule has 1 saturated heterocycles. The third kappa shape index (κ3) is 7.11. The summed E-state index contributed by atoms with van der Waals surface area (Å²) >= 11 is 0. The lowest BCUT2D eigenvalue weighted by molar-refractivity contribution is -0.257. The molecule has 12 heteroatoms. The molecule has 0 radical (unpaired) electrons. The van der Waals surface area contributed by atoms with Gasteiger partial charge in [0.25, 0.3) is 0 Å². The van der Waals surface area contributed by atoms with Gasteiger partial charge in [-0.2, -0.15) is 0 Å². The van der Waals surface area contributed by atoms with Crippen molar-refractivity contribution in [2.75, 3.05) is 13.2 Å². The van der Waals surface area contributed by atoms with Gasteiger partial charge in [-0.1, -0.05) is 57.3 Å². The summed E-state index contributed by atoms with van der Waals surface area (Å²) in [5.74, 6) is 6.28. The van der Waals surface area contributed by atoms with Crippen molar-refractivity contribution in [3.05, 3.63) is 46.8 Å². The number of allylic oxidation sites excluding steroid dienone is 6. The number of hydrogen-bond donors (Lipinski definition) is 10. The maximum atomic E-state index is 16.2. The number of ether oxygens (including phenoxy) is 1. The van der Waals surface area contributed by atoms with E-state index in [1.165, 1.54) is 19.3 Å². The van der Waals surface area contributed by atoms with Gasteiger partial charge in [0.1, 0.15) is 5.60 Å². The molecule has 370 valence electrons. The Morgan fingerprint density at radius 1 is 0.955 bits per heavy atom.